The van der Waals surface area contributed by atoms with E-state index in [4.69, 9.17) is 33.3 Å². The van der Waals surface area contributed by atoms with Gasteiger partial charge in [-0.2, -0.15) is 0 Å². The molecule has 15 heteroatoms. The maximum atomic E-state index is 14.4. The fourth-order valence-electron chi connectivity index (χ4n) is 9.70. The minimum atomic E-state index is -1.94. The van der Waals surface area contributed by atoms with Gasteiger partial charge in [-0.05, 0) is 93.3 Å². The predicted molar refractivity (Wildman–Crippen MR) is 229 cm³/mol. The summed E-state index contributed by atoms with van der Waals surface area (Å²) < 4.78 is 37.9. The molecular formula is C46H78N2O13. The first-order chi connectivity index (χ1) is 28.5. The standard InChI is InChI=1S/C46H78N2O13/c1-14-34-46(10,54)39(50)28(4)36(47-56-22-18-21-32-19-16-15-17-20-32)26(2)24-44(8,53)41(61-43-37(49)33(48(11)12)23-27(3)57-43)29(5)38(30(6)42(52)59-34)60-35-25-45(9,55-13)40(51)31(7)58-35/h15-17,19-20,26-31,33-35,37-41,43,49-51,53-54H,14,18,21-25H2,1-13H3/b47-36+/t26-,27-,28-,29+,30-,31+,33+,34+,35?,37-,38+,39-,40+,41-,43+,44?,45-,46-/m1/s1. The number of benzene rings is 1. The largest absolute Gasteiger partial charge is 0.459 e. The number of hydrogen-bond acceptors (Lipinski definition) is 15. The lowest BCUT2D eigenvalue weighted by molar-refractivity contribution is -0.317. The minimum absolute atomic E-state index is 0.0105. The summed E-state index contributed by atoms with van der Waals surface area (Å²) >= 11 is 0. The number of carbonyl (C=O) groups excluding carboxylic acids is 1. The van der Waals surface area contributed by atoms with Crippen molar-refractivity contribution in [1.29, 1.82) is 0 Å². The Bertz CT molecular complexity index is 1550. The van der Waals surface area contributed by atoms with Crippen molar-refractivity contribution in [3.63, 3.8) is 0 Å². The highest BCUT2D eigenvalue weighted by Crippen LogP contribution is 2.41. The van der Waals surface area contributed by atoms with Gasteiger partial charge in [0.15, 0.2) is 12.6 Å². The third-order valence-corrected chi connectivity index (χ3v) is 13.6. The number of carbonyl (C=O) groups is 1. The fourth-order valence-corrected chi connectivity index (χ4v) is 9.70. The van der Waals surface area contributed by atoms with Gasteiger partial charge in [-0.15, -0.1) is 0 Å². The Morgan fingerprint density at radius 2 is 1.56 bits per heavy atom. The number of aliphatic hydroxyl groups excluding tert-OH is 3. The van der Waals surface area contributed by atoms with Gasteiger partial charge >= 0.3 is 5.97 Å². The van der Waals surface area contributed by atoms with Crippen molar-refractivity contribution >= 4 is 11.7 Å². The number of cyclic esters (lactones) is 1. The molecule has 0 saturated carbocycles. The van der Waals surface area contributed by atoms with Crippen LogP contribution in [0.1, 0.15) is 107 Å². The van der Waals surface area contributed by atoms with Crippen LogP contribution in [0.2, 0.25) is 0 Å². The summed E-state index contributed by atoms with van der Waals surface area (Å²) in [4.78, 5) is 22.2. The average molecular weight is 867 g/mol. The Kier molecular flexibility index (Phi) is 18.2. The van der Waals surface area contributed by atoms with Crippen LogP contribution in [0.25, 0.3) is 0 Å². The molecule has 0 aliphatic carbocycles. The molecule has 3 aliphatic heterocycles. The van der Waals surface area contributed by atoms with Crippen LogP contribution in [-0.4, -0.2) is 154 Å². The van der Waals surface area contributed by atoms with Crippen molar-refractivity contribution in [2.45, 2.75) is 192 Å². The maximum Gasteiger partial charge on any atom is 0.311 e. The number of aryl methyl sites for hydroxylation is 1. The summed E-state index contributed by atoms with van der Waals surface area (Å²) in [6, 6.07) is 9.70. The molecule has 61 heavy (non-hydrogen) atoms. The maximum absolute atomic E-state index is 14.4. The van der Waals surface area contributed by atoms with Gasteiger partial charge in [0.2, 0.25) is 0 Å². The quantitative estimate of drug-likeness (QED) is 0.114. The zero-order valence-electron chi connectivity index (χ0n) is 38.9. The first-order valence-corrected chi connectivity index (χ1v) is 22.2. The number of likely N-dealkylation sites (N-methyl/N-ethyl adjacent to an activating group) is 1. The second-order valence-electron chi connectivity index (χ2n) is 19.0. The SMILES string of the molecule is CC[C@@H]1OC(=O)[C@H](C)[C@@H](OC2C[C@@](C)(OC)[C@@H](O)[C@H](C)O2)[C@H](C)[C@@H](O[C@@H]2O[C@H](C)C[C@H](N(C)C)[C@H]2O)C(C)(O)C[C@@H](C)/C(=N\OCCCc2ccccc2)[C@@H](C)[C@@H](O)[C@]1(C)O. The molecule has 3 saturated heterocycles. The molecule has 0 amide bonds. The topological polar surface area (TPSA) is 198 Å². The summed E-state index contributed by atoms with van der Waals surface area (Å²) in [6.45, 7) is 17.5. The van der Waals surface area contributed by atoms with Gasteiger partial charge in [0, 0.05) is 37.3 Å². The summed E-state index contributed by atoms with van der Waals surface area (Å²) in [5.74, 6) is -3.99. The van der Waals surface area contributed by atoms with E-state index >= 15 is 0 Å². The average Bonchev–Trinajstić information content (AvgIpc) is 3.20. The molecule has 3 aliphatic rings. The molecule has 3 heterocycles. The molecule has 18 atom stereocenters. The summed E-state index contributed by atoms with van der Waals surface area (Å²) in [6.07, 6.45) is -7.82. The highest BCUT2D eigenvalue weighted by Gasteiger charge is 2.53. The molecule has 1 aromatic rings. The molecule has 4 rings (SSSR count). The number of oxime groups is 1. The second-order valence-corrected chi connectivity index (χ2v) is 19.0. The molecule has 5 N–H and O–H groups in total. The van der Waals surface area contributed by atoms with Crippen molar-refractivity contribution in [3.05, 3.63) is 35.9 Å². The fraction of sp³-hybridized carbons (Fsp3) is 0.826. The Hall–Kier alpha value is -2.28. The lowest BCUT2D eigenvalue weighted by Crippen LogP contribution is -2.61. The van der Waals surface area contributed by atoms with Gasteiger partial charge in [-0.1, -0.05) is 63.2 Å². The summed E-state index contributed by atoms with van der Waals surface area (Å²) in [5.41, 5.74) is -3.19. The predicted octanol–water partition coefficient (Wildman–Crippen LogP) is 4.22. The van der Waals surface area contributed by atoms with E-state index in [9.17, 15) is 30.3 Å². The van der Waals surface area contributed by atoms with Crippen LogP contribution in [0.5, 0.6) is 0 Å². The summed E-state index contributed by atoms with van der Waals surface area (Å²) in [7, 11) is 5.25. The van der Waals surface area contributed by atoms with E-state index in [2.05, 4.69) is 5.16 Å². The van der Waals surface area contributed by atoms with Crippen molar-refractivity contribution in [3.8, 4) is 0 Å². The van der Waals surface area contributed by atoms with E-state index in [0.717, 1.165) is 12.0 Å². The van der Waals surface area contributed by atoms with Crippen LogP contribution < -0.4 is 0 Å². The number of esters is 1. The molecular weight excluding hydrogens is 789 g/mol. The van der Waals surface area contributed by atoms with Crippen molar-refractivity contribution in [2.75, 3.05) is 27.8 Å². The number of hydrogen-bond donors (Lipinski definition) is 5. The molecule has 0 aromatic heterocycles. The van der Waals surface area contributed by atoms with E-state index in [1.54, 1.807) is 48.5 Å². The minimum Gasteiger partial charge on any atom is -0.459 e. The van der Waals surface area contributed by atoms with Gasteiger partial charge in [0.25, 0.3) is 0 Å². The number of nitrogens with zero attached hydrogens (tertiary/aromatic N) is 2. The third-order valence-electron chi connectivity index (χ3n) is 13.6. The summed E-state index contributed by atoms with van der Waals surface area (Å²) in [5, 5.41) is 64.2. The lowest BCUT2D eigenvalue weighted by Gasteiger charge is -2.49. The van der Waals surface area contributed by atoms with E-state index in [1.807, 2.05) is 63.2 Å². The van der Waals surface area contributed by atoms with E-state index in [-0.39, 0.29) is 38.0 Å². The molecule has 350 valence electrons. The van der Waals surface area contributed by atoms with Crippen LogP contribution >= 0.6 is 0 Å². The first-order valence-electron chi connectivity index (χ1n) is 22.2. The van der Waals surface area contributed by atoms with Gasteiger partial charge in [-0.3, -0.25) is 4.79 Å². The second kappa shape index (κ2) is 21.6. The number of ether oxygens (including phenoxy) is 6. The number of aliphatic hydroxyl groups is 5. The molecule has 0 spiro atoms. The van der Waals surface area contributed by atoms with Gasteiger partial charge in [0.1, 0.15) is 30.5 Å². The normalized spacial score (nSPS) is 44.1. The van der Waals surface area contributed by atoms with Crippen LogP contribution in [0.4, 0.5) is 0 Å². The highest BCUT2D eigenvalue weighted by atomic mass is 16.7. The highest BCUT2D eigenvalue weighted by molar-refractivity contribution is 5.88. The molecule has 0 bridgehead atoms. The molecule has 1 aromatic carbocycles. The van der Waals surface area contributed by atoms with E-state index < -0.39 is 102 Å². The molecule has 0 radical (unpaired) electrons. The Morgan fingerprint density at radius 1 is 0.902 bits per heavy atom. The van der Waals surface area contributed by atoms with Crippen LogP contribution in [0.3, 0.4) is 0 Å². The first kappa shape index (κ1) is 51.4. The monoisotopic (exact) mass is 867 g/mol. The van der Waals surface area contributed by atoms with E-state index in [0.29, 0.717) is 18.6 Å². The Morgan fingerprint density at radius 3 is 2.16 bits per heavy atom. The number of rotatable bonds is 12. The Labute approximate surface area is 364 Å². The van der Waals surface area contributed by atoms with Crippen molar-refractivity contribution in [1.82, 2.24) is 4.90 Å². The number of methoxy groups -OCH3 is 1. The zero-order chi connectivity index (χ0) is 45.6. The third kappa shape index (κ3) is 12.3. The van der Waals surface area contributed by atoms with Crippen molar-refractivity contribution < 1.29 is 63.6 Å². The molecule has 15 nitrogen and oxygen atoms in total. The van der Waals surface area contributed by atoms with Crippen LogP contribution in [0.15, 0.2) is 35.5 Å². The van der Waals surface area contributed by atoms with Crippen LogP contribution in [0, 0.1) is 23.7 Å². The zero-order valence-corrected chi connectivity index (χ0v) is 38.9. The van der Waals surface area contributed by atoms with Crippen LogP contribution in [-0.2, 0) is 44.5 Å². The molecule has 2 unspecified atom stereocenters. The Balaban J connectivity index is 1.82. The van der Waals surface area contributed by atoms with Gasteiger partial charge in [-0.25, -0.2) is 0 Å². The van der Waals surface area contributed by atoms with E-state index in [1.165, 1.54) is 14.0 Å². The smallest absolute Gasteiger partial charge is 0.311 e. The van der Waals surface area contributed by atoms with Gasteiger partial charge in [0.05, 0.1) is 53.4 Å². The van der Waals surface area contributed by atoms with Crippen molar-refractivity contribution in [2.24, 2.45) is 28.8 Å². The van der Waals surface area contributed by atoms with Gasteiger partial charge < -0.3 is 63.7 Å². The lowest BCUT2D eigenvalue weighted by atomic mass is 9.73. The molecule has 3 fully saturated rings.